The van der Waals surface area contributed by atoms with E-state index < -0.39 is 41.0 Å². The van der Waals surface area contributed by atoms with Crippen LogP contribution in [0.25, 0.3) is 12.2 Å². The molecule has 2 aromatic rings. The van der Waals surface area contributed by atoms with Gasteiger partial charge in [0, 0.05) is 23.3 Å². The monoisotopic (exact) mass is 391 g/mol. The fraction of sp³-hybridized carbons (Fsp3) is 0. The molecule has 2 aromatic carbocycles. The van der Waals surface area contributed by atoms with Crippen LogP contribution in [-0.2, 0) is 9.59 Å². The minimum Gasteiger partial charge on any atom is -0.293 e. The molecule has 9 heteroatoms. The number of carbonyl (C=O) groups is 2. The lowest BCUT2D eigenvalue weighted by molar-refractivity contribution is -0.115. The van der Waals surface area contributed by atoms with Crippen LogP contribution in [0.2, 0.25) is 0 Å². The predicted octanol–water partition coefficient (Wildman–Crippen LogP) is 3.14. The lowest BCUT2D eigenvalue weighted by Crippen LogP contribution is -2.41. The molecule has 0 aliphatic carbocycles. The summed E-state index contributed by atoms with van der Waals surface area (Å²) >= 11 is 0. The first-order valence-electron chi connectivity index (χ1n) is 7.71. The van der Waals surface area contributed by atoms with E-state index in [0.717, 1.165) is 60.7 Å². The highest BCUT2D eigenvalue weighted by atomic mass is 19.1. The number of benzene rings is 2. The van der Waals surface area contributed by atoms with Gasteiger partial charge in [0.25, 0.3) is 11.8 Å². The van der Waals surface area contributed by atoms with Crippen molar-refractivity contribution in [1.82, 2.24) is 10.6 Å². The summed E-state index contributed by atoms with van der Waals surface area (Å²) < 4.78 is 52.9. The number of hydrogen-bond donors (Lipinski definition) is 3. The molecule has 144 valence electrons. The zero-order valence-electron chi connectivity index (χ0n) is 14.1. The van der Waals surface area contributed by atoms with Crippen molar-refractivity contribution in [3.63, 3.8) is 0 Å². The van der Waals surface area contributed by atoms with Gasteiger partial charge in [-0.3, -0.25) is 25.6 Å². The normalized spacial score (nSPS) is 11.0. The Kier molecular flexibility index (Phi) is 6.80. The van der Waals surface area contributed by atoms with E-state index >= 15 is 0 Å². The van der Waals surface area contributed by atoms with Crippen LogP contribution in [-0.4, -0.2) is 17.8 Å². The second-order valence-corrected chi connectivity index (χ2v) is 5.35. The molecule has 5 nitrogen and oxygen atoms in total. The maximum atomic E-state index is 13.4. The van der Waals surface area contributed by atoms with Crippen molar-refractivity contribution in [2.75, 3.05) is 0 Å². The lowest BCUT2D eigenvalue weighted by atomic mass is 10.2. The number of carbonyl (C=O) groups excluding carboxylic acids is 2. The van der Waals surface area contributed by atoms with Crippen molar-refractivity contribution in [3.05, 3.63) is 82.9 Å². The third-order valence-electron chi connectivity index (χ3n) is 3.24. The molecular formula is C19H13F4N3O2. The van der Waals surface area contributed by atoms with Gasteiger partial charge in [0.05, 0.1) is 0 Å². The Bertz CT molecular complexity index is 910. The smallest absolute Gasteiger partial charge is 0.250 e. The van der Waals surface area contributed by atoms with Crippen LogP contribution < -0.4 is 10.6 Å². The highest BCUT2D eigenvalue weighted by Gasteiger charge is 2.06. The predicted molar refractivity (Wildman–Crippen MR) is 94.8 cm³/mol. The maximum Gasteiger partial charge on any atom is 0.250 e. The molecule has 0 aliphatic heterocycles. The lowest BCUT2D eigenvalue weighted by Gasteiger charge is -2.04. The van der Waals surface area contributed by atoms with E-state index in [1.807, 2.05) is 10.6 Å². The Balaban J connectivity index is 1.90. The largest absolute Gasteiger partial charge is 0.293 e. The first-order valence-corrected chi connectivity index (χ1v) is 7.71. The number of hydrogen-bond acceptors (Lipinski definition) is 3. The van der Waals surface area contributed by atoms with Gasteiger partial charge < -0.3 is 0 Å². The first-order chi connectivity index (χ1) is 13.2. The number of nitrogens with one attached hydrogen (secondary N) is 3. The van der Waals surface area contributed by atoms with Gasteiger partial charge in [0.15, 0.2) is 0 Å². The fourth-order valence-corrected chi connectivity index (χ4v) is 1.98. The number of amides is 2. The minimum absolute atomic E-state index is 0.175. The first kappa shape index (κ1) is 20.6. The molecule has 2 rings (SSSR count). The molecule has 0 bridgehead atoms. The SMILES string of the molecule is N=C(NC(=O)/C=C/c1cc(F)ccc1F)NC(=O)/C=C/c1cc(F)ccc1F. The molecule has 0 radical (unpaired) electrons. The van der Waals surface area contributed by atoms with Crippen molar-refractivity contribution in [2.45, 2.75) is 0 Å². The fourth-order valence-electron chi connectivity index (χ4n) is 1.98. The summed E-state index contributed by atoms with van der Waals surface area (Å²) in [6.07, 6.45) is 3.68. The Morgan fingerprint density at radius 1 is 0.750 bits per heavy atom. The second-order valence-electron chi connectivity index (χ2n) is 5.35. The van der Waals surface area contributed by atoms with Crippen LogP contribution in [0.5, 0.6) is 0 Å². The molecule has 0 saturated carbocycles. The topological polar surface area (TPSA) is 82.1 Å². The Morgan fingerprint density at radius 2 is 1.14 bits per heavy atom. The van der Waals surface area contributed by atoms with Crippen molar-refractivity contribution < 1.29 is 27.2 Å². The van der Waals surface area contributed by atoms with Gasteiger partial charge in [-0.2, -0.15) is 0 Å². The van der Waals surface area contributed by atoms with E-state index in [4.69, 9.17) is 5.41 Å². The molecule has 0 fully saturated rings. The summed E-state index contributed by atoms with van der Waals surface area (Å²) in [5.41, 5.74) is -0.350. The van der Waals surface area contributed by atoms with E-state index in [-0.39, 0.29) is 11.1 Å². The molecule has 28 heavy (non-hydrogen) atoms. The van der Waals surface area contributed by atoms with E-state index in [2.05, 4.69) is 0 Å². The number of guanidine groups is 1. The van der Waals surface area contributed by atoms with Crippen molar-refractivity contribution in [1.29, 1.82) is 5.41 Å². The van der Waals surface area contributed by atoms with Crippen molar-refractivity contribution in [3.8, 4) is 0 Å². The van der Waals surface area contributed by atoms with Crippen LogP contribution >= 0.6 is 0 Å². The molecule has 0 heterocycles. The highest BCUT2D eigenvalue weighted by Crippen LogP contribution is 2.12. The van der Waals surface area contributed by atoms with Gasteiger partial charge >= 0.3 is 0 Å². The summed E-state index contributed by atoms with van der Waals surface area (Å²) in [6.45, 7) is 0. The van der Waals surface area contributed by atoms with Crippen LogP contribution in [0.3, 0.4) is 0 Å². The van der Waals surface area contributed by atoms with Crippen molar-refractivity contribution in [2.24, 2.45) is 0 Å². The molecule has 0 atom stereocenters. The van der Waals surface area contributed by atoms with Gasteiger partial charge in [0.2, 0.25) is 5.96 Å². The molecule has 3 N–H and O–H groups in total. The van der Waals surface area contributed by atoms with E-state index in [1.165, 1.54) is 0 Å². The third kappa shape index (κ3) is 6.20. The summed E-state index contributed by atoms with van der Waals surface area (Å²) in [7, 11) is 0. The second kappa shape index (κ2) is 9.26. The van der Waals surface area contributed by atoms with E-state index in [0.29, 0.717) is 0 Å². The summed E-state index contributed by atoms with van der Waals surface area (Å²) in [5.74, 6) is -5.34. The van der Waals surface area contributed by atoms with Crippen LogP contribution in [0.15, 0.2) is 48.6 Å². The average Bonchev–Trinajstić information content (AvgIpc) is 2.63. The molecule has 0 aromatic heterocycles. The summed E-state index contributed by atoms with van der Waals surface area (Å²) in [6, 6.07) is 5.37. The molecule has 0 saturated heterocycles. The third-order valence-corrected chi connectivity index (χ3v) is 3.24. The van der Waals surface area contributed by atoms with Crippen LogP contribution in [0.4, 0.5) is 17.6 Å². The highest BCUT2D eigenvalue weighted by molar-refractivity contribution is 6.10. The molecule has 0 unspecified atom stereocenters. The maximum absolute atomic E-state index is 13.4. The van der Waals surface area contributed by atoms with E-state index in [1.54, 1.807) is 0 Å². The zero-order chi connectivity index (χ0) is 20.7. The summed E-state index contributed by atoms with van der Waals surface area (Å²) in [4.78, 5) is 23.3. The van der Waals surface area contributed by atoms with Crippen molar-refractivity contribution >= 4 is 29.9 Å². The Labute approximate surface area is 156 Å². The summed E-state index contributed by atoms with van der Waals surface area (Å²) in [5, 5.41) is 11.4. The quantitative estimate of drug-likeness (QED) is 0.324. The molecule has 0 aliphatic rings. The van der Waals surface area contributed by atoms with Gasteiger partial charge in [-0.15, -0.1) is 0 Å². The number of halogens is 4. The van der Waals surface area contributed by atoms with Gasteiger partial charge in [-0.25, -0.2) is 17.6 Å². The van der Waals surface area contributed by atoms with Gasteiger partial charge in [-0.05, 0) is 48.6 Å². The standard InChI is InChI=1S/C19H13F4N3O2/c20-13-3-5-15(22)11(9-13)1-7-17(27)25-19(24)26-18(28)8-2-12-10-14(21)4-6-16(12)23/h1-10H,(H3,24,25,26,27,28)/b7-1+,8-2+. The van der Waals surface area contributed by atoms with E-state index in [9.17, 15) is 27.2 Å². The zero-order valence-corrected chi connectivity index (χ0v) is 14.1. The average molecular weight is 391 g/mol. The Morgan fingerprint density at radius 3 is 1.54 bits per heavy atom. The van der Waals surface area contributed by atoms with Crippen LogP contribution in [0.1, 0.15) is 11.1 Å². The Hall–Kier alpha value is -3.75. The number of rotatable bonds is 4. The van der Waals surface area contributed by atoms with Crippen LogP contribution in [0, 0.1) is 28.7 Å². The van der Waals surface area contributed by atoms with Gasteiger partial charge in [-0.1, -0.05) is 0 Å². The molecule has 2 amide bonds. The molecule has 0 spiro atoms. The molecular weight excluding hydrogens is 378 g/mol. The minimum atomic E-state index is -0.880. The van der Waals surface area contributed by atoms with Gasteiger partial charge in [0.1, 0.15) is 23.3 Å².